The van der Waals surface area contributed by atoms with Crippen LogP contribution in [-0.2, 0) is 16.0 Å². The Bertz CT molecular complexity index is 1230. The third kappa shape index (κ3) is 3.59. The number of piperazine rings is 1. The molecule has 2 aromatic carbocycles. The molecule has 1 N–H and O–H groups in total. The summed E-state index contributed by atoms with van der Waals surface area (Å²) in [4.78, 5) is 34.3. The molecule has 0 saturated carbocycles. The molecule has 178 valence electrons. The first-order valence-electron chi connectivity index (χ1n) is 12.0. The maximum atomic E-state index is 13.6. The van der Waals surface area contributed by atoms with E-state index in [0.29, 0.717) is 24.5 Å². The molecular weight excluding hydrogens is 430 g/mol. The zero-order chi connectivity index (χ0) is 23.8. The fourth-order valence-electron chi connectivity index (χ4n) is 5.43. The first kappa shape index (κ1) is 22.3. The fourth-order valence-corrected chi connectivity index (χ4v) is 5.43. The number of amides is 2. The first-order valence-corrected chi connectivity index (χ1v) is 12.0. The average Bonchev–Trinajstić information content (AvgIpc) is 3.23. The molecule has 5 rings (SSSR count). The van der Waals surface area contributed by atoms with Gasteiger partial charge in [0, 0.05) is 29.6 Å². The van der Waals surface area contributed by atoms with Crippen LogP contribution in [0.25, 0.3) is 10.9 Å². The summed E-state index contributed by atoms with van der Waals surface area (Å²) < 4.78 is 11.0. The molecule has 0 radical (unpaired) electrons. The Balaban J connectivity index is 1.63. The van der Waals surface area contributed by atoms with Gasteiger partial charge in [0.05, 0.1) is 26.8 Å². The highest BCUT2D eigenvalue weighted by Crippen LogP contribution is 2.44. The van der Waals surface area contributed by atoms with Gasteiger partial charge in [0.15, 0.2) is 11.5 Å². The van der Waals surface area contributed by atoms with Crippen molar-refractivity contribution in [3.05, 3.63) is 59.3 Å². The van der Waals surface area contributed by atoms with Crippen LogP contribution in [0.3, 0.4) is 0 Å². The van der Waals surface area contributed by atoms with Gasteiger partial charge in [-0.05, 0) is 35.7 Å². The van der Waals surface area contributed by atoms with Crippen LogP contribution in [0.2, 0.25) is 0 Å². The van der Waals surface area contributed by atoms with Crippen LogP contribution >= 0.6 is 0 Å². The third-order valence-electron chi connectivity index (χ3n) is 7.10. The predicted octanol–water partition coefficient (Wildman–Crippen LogP) is 4.06. The Morgan fingerprint density at radius 3 is 2.59 bits per heavy atom. The Morgan fingerprint density at radius 2 is 1.82 bits per heavy atom. The monoisotopic (exact) mass is 461 g/mol. The molecule has 1 fully saturated rings. The number of benzene rings is 2. The molecule has 3 aromatic rings. The average molecular weight is 462 g/mol. The molecule has 7 heteroatoms. The van der Waals surface area contributed by atoms with E-state index in [1.165, 1.54) is 0 Å². The van der Waals surface area contributed by atoms with E-state index in [0.717, 1.165) is 47.0 Å². The van der Waals surface area contributed by atoms with Gasteiger partial charge in [0.25, 0.3) is 0 Å². The number of para-hydroxylation sites is 1. The standard InChI is InChI=1S/C27H31N3O4/c1-4-5-8-13-29-16-24(31)30-21(27(29)32)15-19-18-9-6-7-10-20(18)28-25(19)26(30)17-11-12-22(33-2)23(14-17)34-3/h6-7,9-12,14,21,26,28H,4-5,8,13,15-16H2,1-3H3/t21-,26?/m0/s1. The van der Waals surface area contributed by atoms with Gasteiger partial charge in [-0.1, -0.05) is 44.0 Å². The summed E-state index contributed by atoms with van der Waals surface area (Å²) in [6.07, 6.45) is 3.55. The maximum absolute atomic E-state index is 13.6. The van der Waals surface area contributed by atoms with Crippen LogP contribution < -0.4 is 9.47 Å². The molecule has 7 nitrogen and oxygen atoms in total. The maximum Gasteiger partial charge on any atom is 0.246 e. The van der Waals surface area contributed by atoms with Crippen molar-refractivity contribution in [2.24, 2.45) is 0 Å². The van der Waals surface area contributed by atoms with Gasteiger partial charge >= 0.3 is 0 Å². The number of carbonyl (C=O) groups is 2. The van der Waals surface area contributed by atoms with E-state index in [1.54, 1.807) is 24.0 Å². The number of ether oxygens (including phenoxy) is 2. The minimum atomic E-state index is -0.521. The molecule has 1 aromatic heterocycles. The molecule has 34 heavy (non-hydrogen) atoms. The molecule has 2 aliphatic rings. The minimum absolute atomic E-state index is 0.0230. The lowest BCUT2D eigenvalue weighted by molar-refractivity contribution is -0.158. The lowest BCUT2D eigenvalue weighted by atomic mass is 9.86. The summed E-state index contributed by atoms with van der Waals surface area (Å²) in [5, 5.41) is 1.10. The predicted molar refractivity (Wildman–Crippen MR) is 130 cm³/mol. The minimum Gasteiger partial charge on any atom is -0.493 e. The van der Waals surface area contributed by atoms with Gasteiger partial charge in [0.1, 0.15) is 6.04 Å². The van der Waals surface area contributed by atoms with E-state index in [4.69, 9.17) is 9.47 Å². The number of hydrogen-bond acceptors (Lipinski definition) is 4. The van der Waals surface area contributed by atoms with Crippen molar-refractivity contribution in [2.45, 2.75) is 44.7 Å². The number of aromatic nitrogens is 1. The second-order valence-corrected chi connectivity index (χ2v) is 9.07. The summed E-state index contributed by atoms with van der Waals surface area (Å²) in [7, 11) is 3.20. The highest BCUT2D eigenvalue weighted by Gasteiger charge is 2.48. The topological polar surface area (TPSA) is 74.9 Å². The van der Waals surface area contributed by atoms with Crippen molar-refractivity contribution < 1.29 is 19.1 Å². The molecule has 0 bridgehead atoms. The van der Waals surface area contributed by atoms with E-state index in [9.17, 15) is 9.59 Å². The van der Waals surface area contributed by atoms with Gasteiger partial charge < -0.3 is 24.3 Å². The number of rotatable bonds is 7. The normalized spacial score (nSPS) is 19.9. The second kappa shape index (κ2) is 9.05. The van der Waals surface area contributed by atoms with Crippen LogP contribution in [0.1, 0.15) is 49.0 Å². The third-order valence-corrected chi connectivity index (χ3v) is 7.10. The number of nitrogens with one attached hydrogen (secondary N) is 1. The van der Waals surface area contributed by atoms with Crippen molar-refractivity contribution in [1.82, 2.24) is 14.8 Å². The Kier molecular flexibility index (Phi) is 5.94. The molecule has 0 spiro atoms. The molecule has 1 unspecified atom stereocenters. The van der Waals surface area contributed by atoms with Crippen molar-refractivity contribution >= 4 is 22.7 Å². The molecule has 3 heterocycles. The number of nitrogens with zero attached hydrogens (tertiary/aromatic N) is 2. The number of aromatic amines is 1. The van der Waals surface area contributed by atoms with Gasteiger partial charge in [-0.15, -0.1) is 0 Å². The van der Waals surface area contributed by atoms with Gasteiger partial charge in [-0.2, -0.15) is 0 Å². The van der Waals surface area contributed by atoms with Crippen LogP contribution in [0.5, 0.6) is 11.5 Å². The molecule has 1 saturated heterocycles. The van der Waals surface area contributed by atoms with E-state index in [2.05, 4.69) is 18.0 Å². The fraction of sp³-hybridized carbons (Fsp3) is 0.407. The van der Waals surface area contributed by atoms with Crippen LogP contribution in [-0.4, -0.2) is 59.9 Å². The zero-order valence-electron chi connectivity index (χ0n) is 20.0. The molecule has 0 aliphatic carbocycles. The van der Waals surface area contributed by atoms with E-state index in [-0.39, 0.29) is 18.4 Å². The summed E-state index contributed by atoms with van der Waals surface area (Å²) in [5.41, 5.74) is 3.96. The molecular formula is C27H31N3O4. The summed E-state index contributed by atoms with van der Waals surface area (Å²) in [5.74, 6) is 1.23. The van der Waals surface area contributed by atoms with Gasteiger partial charge in [-0.3, -0.25) is 9.59 Å². The summed E-state index contributed by atoms with van der Waals surface area (Å²) in [6.45, 7) is 2.89. The first-order chi connectivity index (χ1) is 16.6. The highest BCUT2D eigenvalue weighted by molar-refractivity contribution is 5.97. The second-order valence-electron chi connectivity index (χ2n) is 9.07. The summed E-state index contributed by atoms with van der Waals surface area (Å²) in [6, 6.07) is 12.9. The van der Waals surface area contributed by atoms with Gasteiger partial charge in [-0.25, -0.2) is 0 Å². The number of carbonyl (C=O) groups excluding carboxylic acids is 2. The zero-order valence-corrected chi connectivity index (χ0v) is 20.0. The van der Waals surface area contributed by atoms with Crippen molar-refractivity contribution in [3.8, 4) is 11.5 Å². The molecule has 2 aliphatic heterocycles. The largest absolute Gasteiger partial charge is 0.493 e. The van der Waals surface area contributed by atoms with E-state index < -0.39 is 12.1 Å². The van der Waals surface area contributed by atoms with Crippen molar-refractivity contribution in [3.63, 3.8) is 0 Å². The van der Waals surface area contributed by atoms with Crippen LogP contribution in [0, 0.1) is 0 Å². The molecule has 2 amide bonds. The quantitative estimate of drug-likeness (QED) is 0.539. The van der Waals surface area contributed by atoms with Crippen molar-refractivity contribution in [1.29, 1.82) is 0 Å². The number of fused-ring (bicyclic) bond motifs is 4. The van der Waals surface area contributed by atoms with E-state index in [1.807, 2.05) is 36.4 Å². The lowest BCUT2D eigenvalue weighted by Crippen LogP contribution is -2.63. The summed E-state index contributed by atoms with van der Waals surface area (Å²) >= 11 is 0. The van der Waals surface area contributed by atoms with Crippen molar-refractivity contribution in [2.75, 3.05) is 27.3 Å². The van der Waals surface area contributed by atoms with Crippen LogP contribution in [0.4, 0.5) is 0 Å². The molecule has 2 atom stereocenters. The number of H-pyrrole nitrogens is 1. The Morgan fingerprint density at radius 1 is 1.03 bits per heavy atom. The van der Waals surface area contributed by atoms with E-state index >= 15 is 0 Å². The highest BCUT2D eigenvalue weighted by atomic mass is 16.5. The number of hydrogen-bond donors (Lipinski definition) is 1. The lowest BCUT2D eigenvalue weighted by Gasteiger charge is -2.47. The number of unbranched alkanes of at least 4 members (excludes halogenated alkanes) is 2. The number of methoxy groups -OCH3 is 2. The smallest absolute Gasteiger partial charge is 0.246 e. The SMILES string of the molecule is CCCCCN1CC(=O)N2C(c3ccc(OC)c(OC)c3)c3[nH]c4ccccc4c3C[C@H]2C1=O. The Labute approximate surface area is 199 Å². The van der Waals surface area contributed by atoms with Crippen LogP contribution in [0.15, 0.2) is 42.5 Å². The van der Waals surface area contributed by atoms with Gasteiger partial charge in [0.2, 0.25) is 11.8 Å². The Hall–Kier alpha value is -3.48.